The lowest BCUT2D eigenvalue weighted by Gasteiger charge is -2.22. The average Bonchev–Trinajstić information content (AvgIpc) is 2.82. The second-order valence-electron chi connectivity index (χ2n) is 5.01. The molecule has 0 bridgehead atoms. The molecule has 0 spiro atoms. The number of nitrogens with one attached hydrogen (secondary N) is 1. The third-order valence-electron chi connectivity index (χ3n) is 3.16. The Hall–Kier alpha value is -1.89. The van der Waals surface area contributed by atoms with E-state index in [1.165, 1.54) is 41.1 Å². The van der Waals surface area contributed by atoms with Crippen LogP contribution in [0.4, 0.5) is 10.1 Å². The van der Waals surface area contributed by atoms with Crippen molar-refractivity contribution in [3.8, 4) is 0 Å². The number of nitrogens with zero attached hydrogens (tertiary/aromatic N) is 3. The lowest BCUT2D eigenvalue weighted by atomic mass is 10.3. The molecule has 0 atom stereocenters. The van der Waals surface area contributed by atoms with Crippen molar-refractivity contribution in [2.75, 3.05) is 11.6 Å². The Morgan fingerprint density at radius 2 is 2.16 bits per heavy atom. The highest BCUT2D eigenvalue weighted by atomic mass is 79.9. The number of benzene rings is 1. The number of hydrogen-bond donors (Lipinski definition) is 4. The van der Waals surface area contributed by atoms with Gasteiger partial charge in [-0.25, -0.2) is 4.39 Å². The predicted molar refractivity (Wildman–Crippen MR) is 95.9 cm³/mol. The van der Waals surface area contributed by atoms with Crippen molar-refractivity contribution >= 4 is 38.6 Å². The van der Waals surface area contributed by atoms with Crippen molar-refractivity contribution in [2.24, 2.45) is 4.40 Å². The third-order valence-corrected chi connectivity index (χ3v) is 4.82. The van der Waals surface area contributed by atoms with Gasteiger partial charge in [-0.15, -0.1) is 4.94 Å². The molecule has 0 aliphatic carbocycles. The average molecular weight is 433 g/mol. The molecule has 0 unspecified atom stereocenters. The van der Waals surface area contributed by atoms with E-state index in [0.29, 0.717) is 16.5 Å². The highest BCUT2D eigenvalue weighted by Gasteiger charge is 2.23. The van der Waals surface area contributed by atoms with Crippen LogP contribution in [0.25, 0.3) is 0 Å². The van der Waals surface area contributed by atoms with E-state index in [4.69, 9.17) is 4.94 Å². The summed E-state index contributed by atoms with van der Waals surface area (Å²) in [6.07, 6.45) is 6.00. The topological polar surface area (TPSA) is 101 Å². The van der Waals surface area contributed by atoms with Crippen molar-refractivity contribution < 1.29 is 23.6 Å². The van der Waals surface area contributed by atoms with Crippen LogP contribution >= 0.6 is 26.7 Å². The zero-order valence-electron chi connectivity index (χ0n) is 12.6. The molecule has 0 radical (unpaired) electrons. The highest BCUT2D eigenvalue weighted by molar-refractivity contribution is 9.10. The second-order valence-corrected chi connectivity index (χ2v) is 7.44. The first-order chi connectivity index (χ1) is 11.8. The maximum atomic E-state index is 13.3. The third kappa shape index (κ3) is 4.39. The molecular weight excluding hydrogens is 419 g/mol. The Balaban J connectivity index is 1.70. The monoisotopic (exact) mass is 432 g/mol. The normalized spacial score (nSPS) is 20.2. The van der Waals surface area contributed by atoms with Gasteiger partial charge in [0.05, 0.1) is 21.8 Å². The minimum atomic E-state index is -3.16. The summed E-state index contributed by atoms with van der Waals surface area (Å²) in [7, 11) is -3.16. The fraction of sp³-hybridized carbons (Fsp3) is 0.0714. The van der Waals surface area contributed by atoms with Crippen molar-refractivity contribution in [2.45, 2.75) is 0 Å². The molecule has 0 amide bonds. The van der Waals surface area contributed by atoms with Crippen LogP contribution in [-0.4, -0.2) is 32.3 Å². The van der Waals surface area contributed by atoms with Crippen LogP contribution in [0.15, 0.2) is 62.2 Å². The summed E-state index contributed by atoms with van der Waals surface area (Å²) in [6, 6.07) is 4.23. The SMILES string of the molecule is ON1ON(c2ccc(F)c(Br)c2)C=C1NCC1=CS(O)(O)N=CC=C1. The Labute approximate surface area is 152 Å². The van der Waals surface area contributed by atoms with Gasteiger partial charge >= 0.3 is 0 Å². The van der Waals surface area contributed by atoms with Gasteiger partial charge in [0.15, 0.2) is 5.82 Å². The minimum Gasteiger partial charge on any atom is -0.362 e. The van der Waals surface area contributed by atoms with Gasteiger partial charge in [-0.05, 0) is 45.8 Å². The number of anilines is 1. The molecule has 4 N–H and O–H groups in total. The van der Waals surface area contributed by atoms with Crippen LogP contribution in [0, 0.1) is 5.82 Å². The van der Waals surface area contributed by atoms with Crippen LogP contribution in [-0.2, 0) is 4.94 Å². The molecule has 8 nitrogen and oxygen atoms in total. The van der Waals surface area contributed by atoms with E-state index < -0.39 is 16.6 Å². The van der Waals surface area contributed by atoms with Gasteiger partial charge in [0.1, 0.15) is 5.82 Å². The number of hydroxylamine groups is 3. The Morgan fingerprint density at radius 1 is 1.36 bits per heavy atom. The molecule has 11 heteroatoms. The lowest BCUT2D eigenvalue weighted by Crippen LogP contribution is -2.27. The number of allylic oxidation sites excluding steroid dienone is 1. The van der Waals surface area contributed by atoms with E-state index in [-0.39, 0.29) is 16.8 Å². The highest BCUT2D eigenvalue weighted by Crippen LogP contribution is 2.43. The van der Waals surface area contributed by atoms with Crippen LogP contribution in [0.2, 0.25) is 0 Å². The molecule has 25 heavy (non-hydrogen) atoms. The maximum absolute atomic E-state index is 13.3. The van der Waals surface area contributed by atoms with Gasteiger partial charge < -0.3 is 5.32 Å². The lowest BCUT2D eigenvalue weighted by molar-refractivity contribution is -0.306. The standard InChI is InChI=1S/C14H14BrFN4O4S/c15-12-6-11(3-4-13(12)16)19-8-14(20(21)24-19)17-7-10-2-1-5-18-25(22,23)9-10/h1-6,8-9,17,21-23H,7H2. The van der Waals surface area contributed by atoms with Crippen LogP contribution in [0.1, 0.15) is 0 Å². The van der Waals surface area contributed by atoms with E-state index in [9.17, 15) is 18.7 Å². The van der Waals surface area contributed by atoms with E-state index >= 15 is 0 Å². The van der Waals surface area contributed by atoms with Gasteiger partial charge in [0.2, 0.25) is 0 Å². The number of halogens is 2. The molecule has 1 aromatic carbocycles. The number of hydrogen-bond acceptors (Lipinski definition) is 8. The fourth-order valence-corrected chi connectivity index (χ4v) is 3.27. The second kappa shape index (κ2) is 7.15. The smallest absolute Gasteiger partial charge is 0.179 e. The van der Waals surface area contributed by atoms with Gasteiger partial charge in [0, 0.05) is 12.8 Å². The molecule has 0 fully saturated rings. The predicted octanol–water partition coefficient (Wildman–Crippen LogP) is 3.52. The first kappa shape index (κ1) is 17.9. The minimum absolute atomic E-state index is 0.183. The summed E-state index contributed by atoms with van der Waals surface area (Å²) in [5.41, 5.74) is 1.05. The summed E-state index contributed by atoms with van der Waals surface area (Å²) in [4.78, 5) is 5.13. The van der Waals surface area contributed by atoms with Crippen molar-refractivity contribution in [1.82, 2.24) is 10.5 Å². The first-order valence-corrected chi connectivity index (χ1v) is 9.28. The molecule has 0 aromatic heterocycles. The van der Waals surface area contributed by atoms with Crippen molar-refractivity contribution in [3.63, 3.8) is 0 Å². The Morgan fingerprint density at radius 3 is 2.92 bits per heavy atom. The summed E-state index contributed by atoms with van der Waals surface area (Å²) in [5.74, 6) is -0.212. The number of rotatable bonds is 4. The summed E-state index contributed by atoms with van der Waals surface area (Å²) in [5, 5.41) is 15.7. The summed E-state index contributed by atoms with van der Waals surface area (Å²) >= 11 is 3.08. The van der Waals surface area contributed by atoms with Gasteiger partial charge in [-0.2, -0.15) is 9.46 Å². The zero-order valence-corrected chi connectivity index (χ0v) is 15.0. The van der Waals surface area contributed by atoms with Crippen LogP contribution in [0.3, 0.4) is 0 Å². The van der Waals surface area contributed by atoms with Crippen molar-refractivity contribution in [1.29, 1.82) is 0 Å². The fourth-order valence-electron chi connectivity index (χ4n) is 2.03. The molecular formula is C14H14BrFN4O4S. The van der Waals surface area contributed by atoms with Crippen LogP contribution in [0.5, 0.6) is 0 Å². The molecule has 2 aliphatic heterocycles. The van der Waals surface area contributed by atoms with E-state index in [0.717, 1.165) is 0 Å². The summed E-state index contributed by atoms with van der Waals surface area (Å²) < 4.78 is 36.5. The Kier molecular flexibility index (Phi) is 5.13. The molecule has 3 rings (SSSR count). The Bertz CT molecular complexity index is 799. The van der Waals surface area contributed by atoms with Crippen molar-refractivity contribution in [3.05, 3.63) is 63.6 Å². The molecule has 0 saturated heterocycles. The molecule has 134 valence electrons. The molecule has 2 heterocycles. The maximum Gasteiger partial charge on any atom is 0.179 e. The summed E-state index contributed by atoms with van der Waals surface area (Å²) in [6.45, 7) is 0.183. The van der Waals surface area contributed by atoms with Gasteiger partial charge in [0.25, 0.3) is 0 Å². The first-order valence-electron chi connectivity index (χ1n) is 6.92. The van der Waals surface area contributed by atoms with Gasteiger partial charge in [-0.3, -0.25) is 14.3 Å². The largest absolute Gasteiger partial charge is 0.362 e. The molecule has 2 aliphatic rings. The van der Waals surface area contributed by atoms with E-state index in [1.54, 1.807) is 12.2 Å². The molecule has 1 aromatic rings. The van der Waals surface area contributed by atoms with E-state index in [2.05, 4.69) is 25.6 Å². The van der Waals surface area contributed by atoms with Crippen LogP contribution < -0.4 is 10.4 Å². The zero-order chi connectivity index (χ0) is 18.0. The van der Waals surface area contributed by atoms with Gasteiger partial charge in [-0.1, -0.05) is 22.1 Å². The van der Waals surface area contributed by atoms with E-state index in [1.807, 2.05) is 0 Å². The quantitative estimate of drug-likeness (QED) is 0.577. The molecule has 0 saturated carbocycles.